The van der Waals surface area contributed by atoms with E-state index >= 15 is 0 Å². The van der Waals surface area contributed by atoms with Crippen LogP contribution in [0.15, 0.2) is 35.1 Å². The molecule has 1 aromatic carbocycles. The number of halogens is 1. The van der Waals surface area contributed by atoms with Gasteiger partial charge in [0.25, 0.3) is 0 Å². The van der Waals surface area contributed by atoms with Crippen molar-refractivity contribution >= 4 is 5.97 Å². The van der Waals surface area contributed by atoms with Crippen molar-refractivity contribution < 1.29 is 18.8 Å². The number of benzene rings is 1. The van der Waals surface area contributed by atoms with E-state index in [0.29, 0.717) is 11.1 Å². The zero-order valence-electron chi connectivity index (χ0n) is 8.18. The third kappa shape index (κ3) is 2.08. The van der Waals surface area contributed by atoms with Gasteiger partial charge in [0.2, 0.25) is 0 Å². The van der Waals surface area contributed by atoms with Crippen molar-refractivity contribution in [2.24, 2.45) is 0 Å². The average Bonchev–Trinajstić information content (AvgIpc) is 2.66. The molecular formula is C11H8FNO3. The lowest BCUT2D eigenvalue weighted by Crippen LogP contribution is -2.01. The number of rotatable bonds is 3. The van der Waals surface area contributed by atoms with E-state index in [0.717, 1.165) is 0 Å². The zero-order valence-corrected chi connectivity index (χ0v) is 8.18. The Labute approximate surface area is 90.3 Å². The monoisotopic (exact) mass is 221 g/mol. The number of aromatic carboxylic acids is 1. The maximum atomic E-state index is 12.9. The maximum absolute atomic E-state index is 12.9. The third-order valence-corrected chi connectivity index (χ3v) is 2.13. The molecule has 4 nitrogen and oxygen atoms in total. The summed E-state index contributed by atoms with van der Waals surface area (Å²) in [6.07, 6.45) is 1.54. The normalized spacial score (nSPS) is 10.3. The van der Waals surface area contributed by atoms with Crippen molar-refractivity contribution in [2.45, 2.75) is 6.42 Å². The molecule has 0 saturated heterocycles. The van der Waals surface area contributed by atoms with Crippen LogP contribution in [-0.2, 0) is 6.42 Å². The predicted octanol–water partition coefficient (Wildman–Crippen LogP) is 2.10. The van der Waals surface area contributed by atoms with E-state index < -0.39 is 5.97 Å². The average molecular weight is 221 g/mol. The lowest BCUT2D eigenvalue weighted by Gasteiger charge is -1.99. The molecular weight excluding hydrogens is 213 g/mol. The molecule has 1 heterocycles. The smallest absolute Gasteiger partial charge is 0.358 e. The van der Waals surface area contributed by atoms with Gasteiger partial charge in [-0.25, -0.2) is 9.18 Å². The van der Waals surface area contributed by atoms with Crippen molar-refractivity contribution in [1.82, 2.24) is 5.16 Å². The minimum Gasteiger partial charge on any atom is -0.476 e. The number of hydrogen-bond acceptors (Lipinski definition) is 3. The van der Waals surface area contributed by atoms with Gasteiger partial charge in [-0.3, -0.25) is 0 Å². The third-order valence-electron chi connectivity index (χ3n) is 2.13. The molecule has 0 fully saturated rings. The van der Waals surface area contributed by atoms with Crippen LogP contribution >= 0.6 is 0 Å². The number of hydrogen-bond donors (Lipinski definition) is 1. The number of carbonyl (C=O) groups is 1. The zero-order chi connectivity index (χ0) is 11.5. The Kier molecular flexibility index (Phi) is 2.68. The van der Waals surface area contributed by atoms with Crippen LogP contribution in [0.25, 0.3) is 0 Å². The molecule has 0 aliphatic carbocycles. The topological polar surface area (TPSA) is 63.3 Å². The number of nitrogens with zero attached hydrogens (tertiary/aromatic N) is 1. The van der Waals surface area contributed by atoms with Gasteiger partial charge in [0, 0.05) is 12.0 Å². The highest BCUT2D eigenvalue weighted by Gasteiger charge is 2.15. The van der Waals surface area contributed by atoms with E-state index in [-0.39, 0.29) is 17.9 Å². The first-order valence-electron chi connectivity index (χ1n) is 4.58. The van der Waals surface area contributed by atoms with Crippen molar-refractivity contribution in [3.05, 3.63) is 53.2 Å². The predicted molar refractivity (Wildman–Crippen MR) is 52.7 cm³/mol. The SMILES string of the molecule is O=C(O)c1nocc1Cc1cccc(F)c1. The summed E-state index contributed by atoms with van der Waals surface area (Å²) >= 11 is 0. The van der Waals surface area contributed by atoms with E-state index in [4.69, 9.17) is 5.11 Å². The van der Waals surface area contributed by atoms with Crippen molar-refractivity contribution in [2.75, 3.05) is 0 Å². The lowest BCUT2D eigenvalue weighted by molar-refractivity contribution is 0.0685. The summed E-state index contributed by atoms with van der Waals surface area (Å²) in [5.74, 6) is -1.51. The first-order chi connectivity index (χ1) is 7.66. The van der Waals surface area contributed by atoms with E-state index in [2.05, 4.69) is 9.68 Å². The van der Waals surface area contributed by atoms with Gasteiger partial charge in [-0.15, -0.1) is 0 Å². The quantitative estimate of drug-likeness (QED) is 0.862. The second kappa shape index (κ2) is 4.14. The summed E-state index contributed by atoms with van der Waals surface area (Å²) in [6.45, 7) is 0. The largest absolute Gasteiger partial charge is 0.476 e. The minimum absolute atomic E-state index is 0.135. The second-order valence-electron chi connectivity index (χ2n) is 3.30. The van der Waals surface area contributed by atoms with Gasteiger partial charge in [0.05, 0.1) is 0 Å². The fourth-order valence-electron chi connectivity index (χ4n) is 1.43. The van der Waals surface area contributed by atoms with Gasteiger partial charge in [0.15, 0.2) is 5.69 Å². The first kappa shape index (κ1) is 10.4. The van der Waals surface area contributed by atoms with Crippen LogP contribution < -0.4 is 0 Å². The Bertz CT molecular complexity index is 521. The van der Waals surface area contributed by atoms with Crippen molar-refractivity contribution in [1.29, 1.82) is 0 Å². The summed E-state index contributed by atoms with van der Waals surface area (Å²) in [7, 11) is 0. The van der Waals surface area contributed by atoms with Crippen LogP contribution in [0, 0.1) is 5.82 Å². The van der Waals surface area contributed by atoms with Gasteiger partial charge in [-0.2, -0.15) is 0 Å². The highest BCUT2D eigenvalue weighted by molar-refractivity contribution is 5.86. The lowest BCUT2D eigenvalue weighted by atomic mass is 10.1. The fraction of sp³-hybridized carbons (Fsp3) is 0.0909. The molecule has 82 valence electrons. The molecule has 0 aliphatic rings. The Morgan fingerprint density at radius 2 is 2.31 bits per heavy atom. The van der Waals surface area contributed by atoms with Crippen LogP contribution in [0.2, 0.25) is 0 Å². The molecule has 0 aliphatic heterocycles. The molecule has 2 rings (SSSR count). The van der Waals surface area contributed by atoms with E-state index in [1.165, 1.54) is 18.4 Å². The first-order valence-corrected chi connectivity index (χ1v) is 4.58. The summed E-state index contributed by atoms with van der Waals surface area (Å²) in [4.78, 5) is 10.7. The standard InChI is InChI=1S/C11H8FNO3/c12-9-3-1-2-7(5-9)4-8-6-16-13-10(8)11(14)15/h1-3,5-6H,4H2,(H,14,15). The molecule has 1 N–H and O–H groups in total. The molecule has 0 radical (unpaired) electrons. The number of carboxylic acids is 1. The van der Waals surface area contributed by atoms with Crippen LogP contribution in [0.4, 0.5) is 4.39 Å². The number of carboxylic acid groups (broad SMARTS) is 1. The summed E-state index contributed by atoms with van der Waals surface area (Å²) in [6, 6.07) is 5.95. The van der Waals surface area contributed by atoms with Gasteiger partial charge >= 0.3 is 5.97 Å². The van der Waals surface area contributed by atoms with E-state index in [1.54, 1.807) is 12.1 Å². The highest BCUT2D eigenvalue weighted by Crippen LogP contribution is 2.14. The van der Waals surface area contributed by atoms with Gasteiger partial charge < -0.3 is 9.63 Å². The van der Waals surface area contributed by atoms with Crippen LogP contribution in [0.5, 0.6) is 0 Å². The minimum atomic E-state index is -1.15. The van der Waals surface area contributed by atoms with Crippen LogP contribution in [0.3, 0.4) is 0 Å². The molecule has 16 heavy (non-hydrogen) atoms. The summed E-state index contributed by atoms with van der Waals surface area (Å²) in [5.41, 5.74) is 0.966. The Balaban J connectivity index is 2.27. The van der Waals surface area contributed by atoms with E-state index in [1.807, 2.05) is 0 Å². The fourth-order valence-corrected chi connectivity index (χ4v) is 1.43. The van der Waals surface area contributed by atoms with Gasteiger partial charge in [-0.05, 0) is 17.7 Å². The Hall–Kier alpha value is -2.17. The van der Waals surface area contributed by atoms with Gasteiger partial charge in [-0.1, -0.05) is 17.3 Å². The van der Waals surface area contributed by atoms with Crippen molar-refractivity contribution in [3.8, 4) is 0 Å². The van der Waals surface area contributed by atoms with Crippen LogP contribution in [-0.4, -0.2) is 16.2 Å². The number of aromatic nitrogens is 1. The molecule has 1 aromatic heterocycles. The Morgan fingerprint density at radius 1 is 1.50 bits per heavy atom. The summed E-state index contributed by atoms with van der Waals surface area (Å²) in [5, 5.41) is 12.2. The highest BCUT2D eigenvalue weighted by atomic mass is 19.1. The molecule has 0 unspecified atom stereocenters. The van der Waals surface area contributed by atoms with E-state index in [9.17, 15) is 9.18 Å². The molecule has 0 saturated carbocycles. The summed E-state index contributed by atoms with van der Waals surface area (Å²) < 4.78 is 17.5. The molecule has 0 bridgehead atoms. The molecule has 2 aromatic rings. The van der Waals surface area contributed by atoms with Gasteiger partial charge in [0.1, 0.15) is 12.1 Å². The molecule has 0 amide bonds. The molecule has 0 atom stereocenters. The maximum Gasteiger partial charge on any atom is 0.358 e. The second-order valence-corrected chi connectivity index (χ2v) is 3.30. The molecule has 5 heteroatoms. The van der Waals surface area contributed by atoms with Crippen molar-refractivity contribution in [3.63, 3.8) is 0 Å². The molecule has 0 spiro atoms. The van der Waals surface area contributed by atoms with Crippen LogP contribution in [0.1, 0.15) is 21.6 Å². The Morgan fingerprint density at radius 3 is 3.00 bits per heavy atom.